The van der Waals surface area contributed by atoms with Gasteiger partial charge in [0.15, 0.2) is 0 Å². The molecular formula is C24H30Br2O2. The van der Waals surface area contributed by atoms with Crippen molar-refractivity contribution in [1.82, 2.24) is 0 Å². The number of benzene rings is 2. The Balaban J connectivity index is 2.27. The molecule has 2 aromatic rings. The first-order chi connectivity index (χ1) is 13.2. The van der Waals surface area contributed by atoms with Gasteiger partial charge in [0, 0.05) is 5.41 Å². The monoisotopic (exact) mass is 508 g/mol. The molecule has 0 unspecified atom stereocenters. The summed E-state index contributed by atoms with van der Waals surface area (Å²) in [5.74, 6) is 1.18. The fourth-order valence-corrected chi connectivity index (χ4v) is 5.52. The van der Waals surface area contributed by atoms with Gasteiger partial charge in [0.2, 0.25) is 0 Å². The maximum Gasteiger partial charge on any atom is 0.133 e. The molecular weight excluding hydrogens is 480 g/mol. The third-order valence-corrected chi connectivity index (χ3v) is 7.45. The Morgan fingerprint density at radius 2 is 1.11 bits per heavy atom. The van der Waals surface area contributed by atoms with E-state index in [2.05, 4.69) is 83.8 Å². The lowest BCUT2D eigenvalue weighted by Gasteiger charge is -2.40. The molecule has 0 aliphatic heterocycles. The molecule has 2 N–H and O–H groups in total. The van der Waals surface area contributed by atoms with Gasteiger partial charge in [-0.25, -0.2) is 0 Å². The van der Waals surface area contributed by atoms with E-state index >= 15 is 0 Å². The number of halogens is 2. The quantitative estimate of drug-likeness (QED) is 0.436. The van der Waals surface area contributed by atoms with E-state index in [9.17, 15) is 10.2 Å². The minimum atomic E-state index is -0.0992. The van der Waals surface area contributed by atoms with Crippen LogP contribution in [0, 0.1) is 0 Å². The third-order valence-electron chi connectivity index (χ3n) is 6.24. The fourth-order valence-electron chi connectivity index (χ4n) is 4.57. The average molecular weight is 510 g/mol. The summed E-state index contributed by atoms with van der Waals surface area (Å²) < 4.78 is 1.53. The average Bonchev–Trinajstić information content (AvgIpc) is 2.65. The molecule has 2 aromatic carbocycles. The van der Waals surface area contributed by atoms with E-state index in [0.29, 0.717) is 11.5 Å². The lowest BCUT2D eigenvalue weighted by atomic mass is 9.64. The molecule has 1 saturated carbocycles. The maximum absolute atomic E-state index is 10.6. The highest BCUT2D eigenvalue weighted by Crippen LogP contribution is 2.50. The van der Waals surface area contributed by atoms with Gasteiger partial charge >= 0.3 is 0 Å². The zero-order valence-electron chi connectivity index (χ0n) is 17.1. The van der Waals surface area contributed by atoms with Crippen LogP contribution in [0.1, 0.15) is 93.9 Å². The molecule has 0 aromatic heterocycles. The van der Waals surface area contributed by atoms with Crippen molar-refractivity contribution in [1.29, 1.82) is 0 Å². The Morgan fingerprint density at radius 3 is 1.46 bits per heavy atom. The van der Waals surface area contributed by atoms with Gasteiger partial charge in [-0.15, -0.1) is 0 Å². The molecule has 1 aliphatic rings. The van der Waals surface area contributed by atoms with Crippen LogP contribution < -0.4 is 0 Å². The van der Waals surface area contributed by atoms with E-state index in [-0.39, 0.29) is 17.3 Å². The second kappa shape index (κ2) is 8.39. The molecule has 1 fully saturated rings. The lowest BCUT2D eigenvalue weighted by Crippen LogP contribution is -2.31. The first-order valence-electron chi connectivity index (χ1n) is 10.2. The summed E-state index contributed by atoms with van der Waals surface area (Å²) in [5, 5.41) is 21.1. The molecule has 0 amide bonds. The lowest BCUT2D eigenvalue weighted by molar-refractivity contribution is 0.344. The van der Waals surface area contributed by atoms with E-state index in [0.717, 1.165) is 32.9 Å². The molecule has 0 spiro atoms. The summed E-state index contributed by atoms with van der Waals surface area (Å²) >= 11 is 7.19. The van der Waals surface area contributed by atoms with Gasteiger partial charge in [0.05, 0.1) is 8.95 Å². The Hall–Kier alpha value is -1.00. The smallest absolute Gasteiger partial charge is 0.133 e. The molecule has 0 bridgehead atoms. The van der Waals surface area contributed by atoms with Gasteiger partial charge in [-0.2, -0.15) is 0 Å². The summed E-state index contributed by atoms with van der Waals surface area (Å²) in [4.78, 5) is 0. The Kier molecular flexibility index (Phi) is 6.51. The molecule has 0 atom stereocenters. The number of phenolic OH excluding ortho intramolecular Hbond substituents is 2. The highest BCUT2D eigenvalue weighted by molar-refractivity contribution is 9.10. The van der Waals surface area contributed by atoms with Crippen LogP contribution >= 0.6 is 31.9 Å². The van der Waals surface area contributed by atoms with Gasteiger partial charge < -0.3 is 10.2 Å². The second-order valence-corrected chi connectivity index (χ2v) is 10.5. The Labute approximate surface area is 185 Å². The third kappa shape index (κ3) is 3.87. The van der Waals surface area contributed by atoms with E-state index in [1.54, 1.807) is 0 Å². The SMILES string of the molecule is CC(C)c1cc(C2(c3cc(Br)c(O)c(C(C)C)c3)CCCCC2)cc(Br)c1O. The van der Waals surface area contributed by atoms with E-state index < -0.39 is 0 Å². The van der Waals surface area contributed by atoms with Crippen molar-refractivity contribution in [2.45, 2.75) is 77.0 Å². The van der Waals surface area contributed by atoms with Crippen LogP contribution in [-0.4, -0.2) is 10.2 Å². The van der Waals surface area contributed by atoms with Crippen molar-refractivity contribution >= 4 is 31.9 Å². The minimum Gasteiger partial charge on any atom is -0.506 e. The van der Waals surface area contributed by atoms with Crippen molar-refractivity contribution in [3.05, 3.63) is 55.5 Å². The zero-order chi connectivity index (χ0) is 20.6. The van der Waals surface area contributed by atoms with Gasteiger partial charge in [-0.3, -0.25) is 0 Å². The standard InChI is InChI=1S/C24H30Br2O2/c1-14(2)18-10-16(12-20(25)22(18)27)24(8-6-5-7-9-24)17-11-19(15(3)4)23(28)21(26)13-17/h10-15,27-28H,5-9H2,1-4H3. The largest absolute Gasteiger partial charge is 0.506 e. The summed E-state index contributed by atoms with van der Waals surface area (Å²) in [7, 11) is 0. The first kappa shape index (κ1) is 21.7. The predicted octanol–water partition coefficient (Wildman–Crippen LogP) is 8.12. The Morgan fingerprint density at radius 1 is 0.714 bits per heavy atom. The highest BCUT2D eigenvalue weighted by Gasteiger charge is 2.37. The first-order valence-corrected chi connectivity index (χ1v) is 11.8. The summed E-state index contributed by atoms with van der Waals surface area (Å²) in [5.41, 5.74) is 4.38. The van der Waals surface area contributed by atoms with Gasteiger partial charge in [-0.1, -0.05) is 59.1 Å². The topological polar surface area (TPSA) is 40.5 Å². The molecule has 0 heterocycles. The number of phenols is 2. The van der Waals surface area contributed by atoms with Crippen molar-refractivity contribution in [2.75, 3.05) is 0 Å². The van der Waals surface area contributed by atoms with Crippen molar-refractivity contribution in [3.8, 4) is 11.5 Å². The van der Waals surface area contributed by atoms with Crippen LogP contribution in [0.4, 0.5) is 0 Å². The van der Waals surface area contributed by atoms with Crippen LogP contribution in [0.3, 0.4) is 0 Å². The van der Waals surface area contributed by atoms with Crippen molar-refractivity contribution in [2.24, 2.45) is 0 Å². The van der Waals surface area contributed by atoms with Gasteiger partial charge in [0.25, 0.3) is 0 Å². The Bertz CT molecular complexity index is 800. The van der Waals surface area contributed by atoms with Crippen molar-refractivity contribution < 1.29 is 10.2 Å². The van der Waals surface area contributed by atoms with Crippen LogP contribution in [0.15, 0.2) is 33.2 Å². The number of hydrogen-bond acceptors (Lipinski definition) is 2. The van der Waals surface area contributed by atoms with Crippen LogP contribution in [0.2, 0.25) is 0 Å². The van der Waals surface area contributed by atoms with Gasteiger partial charge in [0.1, 0.15) is 11.5 Å². The molecule has 152 valence electrons. The summed E-state index contributed by atoms with van der Waals surface area (Å²) in [6.07, 6.45) is 5.79. The molecule has 3 rings (SSSR count). The van der Waals surface area contributed by atoms with Crippen LogP contribution in [-0.2, 0) is 5.41 Å². The maximum atomic E-state index is 10.6. The van der Waals surface area contributed by atoms with Crippen LogP contribution in [0.25, 0.3) is 0 Å². The number of rotatable bonds is 4. The van der Waals surface area contributed by atoms with Crippen molar-refractivity contribution in [3.63, 3.8) is 0 Å². The molecule has 0 saturated heterocycles. The summed E-state index contributed by atoms with van der Waals surface area (Å²) in [6.45, 7) is 8.47. The predicted molar refractivity (Wildman–Crippen MR) is 124 cm³/mol. The second-order valence-electron chi connectivity index (χ2n) is 8.74. The molecule has 2 nitrogen and oxygen atoms in total. The van der Waals surface area contributed by atoms with Gasteiger partial charge in [-0.05, 0) is 90.9 Å². The zero-order valence-corrected chi connectivity index (χ0v) is 20.3. The van der Waals surface area contributed by atoms with E-state index in [1.165, 1.54) is 30.4 Å². The molecule has 1 aliphatic carbocycles. The fraction of sp³-hybridized carbons (Fsp3) is 0.500. The van der Waals surface area contributed by atoms with Crippen LogP contribution in [0.5, 0.6) is 11.5 Å². The highest BCUT2D eigenvalue weighted by atomic mass is 79.9. The number of hydrogen-bond donors (Lipinski definition) is 2. The molecule has 4 heteroatoms. The van der Waals surface area contributed by atoms with E-state index in [1.807, 2.05) is 0 Å². The normalized spacial score (nSPS) is 16.7. The molecule has 28 heavy (non-hydrogen) atoms. The van der Waals surface area contributed by atoms with E-state index in [4.69, 9.17) is 0 Å². The summed E-state index contributed by atoms with van der Waals surface area (Å²) in [6, 6.07) is 8.60. The number of aromatic hydroxyl groups is 2. The molecule has 0 radical (unpaired) electrons. The minimum absolute atomic E-state index is 0.0992.